The third-order valence-electron chi connectivity index (χ3n) is 4.99. The molecule has 0 fully saturated rings. The summed E-state index contributed by atoms with van der Waals surface area (Å²) in [5, 5.41) is 17.7. The smallest absolute Gasteiger partial charge is 0.261 e. The van der Waals surface area contributed by atoms with Gasteiger partial charge in [-0.1, -0.05) is 44.2 Å². The largest absolute Gasteiger partial charge is 0.506 e. The molecule has 0 aliphatic carbocycles. The number of phenols is 1. The molecule has 150 valence electrons. The van der Waals surface area contributed by atoms with Crippen molar-refractivity contribution < 1.29 is 14.6 Å². The van der Waals surface area contributed by atoms with Crippen LogP contribution >= 0.6 is 12.2 Å². The van der Waals surface area contributed by atoms with Crippen molar-refractivity contribution in [2.75, 3.05) is 12.4 Å². The van der Waals surface area contributed by atoms with E-state index in [0.29, 0.717) is 22.9 Å². The SMILES string of the molecule is CCC(C)c1ccc(O)c(NC(=S)NC(=O)c2cc3ccccc3cc2OC)c1. The molecule has 1 atom stereocenters. The predicted molar refractivity (Wildman–Crippen MR) is 121 cm³/mol. The third kappa shape index (κ3) is 4.66. The first-order chi connectivity index (χ1) is 13.9. The Morgan fingerprint density at radius 2 is 1.83 bits per heavy atom. The maximum Gasteiger partial charge on any atom is 0.261 e. The second-order valence-corrected chi connectivity index (χ2v) is 7.30. The minimum atomic E-state index is -0.386. The fourth-order valence-electron chi connectivity index (χ4n) is 3.09. The van der Waals surface area contributed by atoms with Crippen LogP contribution in [0.25, 0.3) is 10.8 Å². The zero-order valence-electron chi connectivity index (χ0n) is 16.7. The summed E-state index contributed by atoms with van der Waals surface area (Å²) in [5.74, 6) is 0.492. The molecule has 3 aromatic rings. The molecule has 0 saturated carbocycles. The van der Waals surface area contributed by atoms with Gasteiger partial charge in [0.25, 0.3) is 5.91 Å². The maximum atomic E-state index is 12.8. The van der Waals surface area contributed by atoms with Crippen molar-refractivity contribution in [2.24, 2.45) is 0 Å². The number of carbonyl (C=O) groups is 1. The molecule has 6 heteroatoms. The van der Waals surface area contributed by atoms with E-state index in [4.69, 9.17) is 17.0 Å². The second kappa shape index (κ2) is 8.92. The number of carbonyl (C=O) groups excluding carboxylic acids is 1. The fourth-order valence-corrected chi connectivity index (χ4v) is 3.29. The monoisotopic (exact) mass is 408 g/mol. The van der Waals surface area contributed by atoms with E-state index in [2.05, 4.69) is 24.5 Å². The van der Waals surface area contributed by atoms with Gasteiger partial charge < -0.3 is 15.2 Å². The highest BCUT2D eigenvalue weighted by Crippen LogP contribution is 2.29. The van der Waals surface area contributed by atoms with Crippen LogP contribution in [0.3, 0.4) is 0 Å². The van der Waals surface area contributed by atoms with Gasteiger partial charge in [-0.15, -0.1) is 0 Å². The fraction of sp³-hybridized carbons (Fsp3) is 0.217. The number of rotatable bonds is 5. The van der Waals surface area contributed by atoms with Gasteiger partial charge in [-0.2, -0.15) is 0 Å². The van der Waals surface area contributed by atoms with Gasteiger partial charge in [0.15, 0.2) is 5.11 Å². The third-order valence-corrected chi connectivity index (χ3v) is 5.19. The van der Waals surface area contributed by atoms with E-state index in [1.807, 2.05) is 42.5 Å². The summed E-state index contributed by atoms with van der Waals surface area (Å²) >= 11 is 5.29. The highest BCUT2D eigenvalue weighted by atomic mass is 32.1. The molecular formula is C23H24N2O3S. The highest BCUT2D eigenvalue weighted by Gasteiger charge is 2.16. The van der Waals surface area contributed by atoms with Gasteiger partial charge in [0, 0.05) is 0 Å². The number of fused-ring (bicyclic) bond motifs is 1. The van der Waals surface area contributed by atoms with Crippen molar-refractivity contribution in [3.8, 4) is 11.5 Å². The number of methoxy groups -OCH3 is 1. The van der Waals surface area contributed by atoms with E-state index >= 15 is 0 Å². The van der Waals surface area contributed by atoms with E-state index in [-0.39, 0.29) is 16.8 Å². The summed E-state index contributed by atoms with van der Waals surface area (Å²) in [6, 6.07) is 16.7. The number of anilines is 1. The number of hydrogen-bond acceptors (Lipinski definition) is 4. The van der Waals surface area contributed by atoms with Crippen molar-refractivity contribution in [1.82, 2.24) is 5.32 Å². The van der Waals surface area contributed by atoms with Gasteiger partial charge in [0.1, 0.15) is 11.5 Å². The van der Waals surface area contributed by atoms with Gasteiger partial charge in [-0.3, -0.25) is 10.1 Å². The predicted octanol–water partition coefficient (Wildman–Crippen LogP) is 5.19. The minimum absolute atomic E-state index is 0.0666. The summed E-state index contributed by atoms with van der Waals surface area (Å²) in [6.07, 6.45) is 0.979. The Morgan fingerprint density at radius 3 is 2.48 bits per heavy atom. The second-order valence-electron chi connectivity index (χ2n) is 6.89. The lowest BCUT2D eigenvalue weighted by Crippen LogP contribution is -2.34. The molecule has 3 N–H and O–H groups in total. The molecule has 0 radical (unpaired) electrons. The van der Waals surface area contributed by atoms with Crippen LogP contribution in [0.4, 0.5) is 5.69 Å². The van der Waals surface area contributed by atoms with Gasteiger partial charge in [0.2, 0.25) is 0 Å². The Balaban J connectivity index is 1.79. The lowest BCUT2D eigenvalue weighted by Gasteiger charge is -2.15. The number of phenolic OH excluding ortho intramolecular Hbond substituents is 1. The average Bonchev–Trinajstić information content (AvgIpc) is 2.73. The summed E-state index contributed by atoms with van der Waals surface area (Å²) in [4.78, 5) is 12.8. The minimum Gasteiger partial charge on any atom is -0.506 e. The number of thiocarbonyl (C=S) groups is 1. The first-order valence-corrected chi connectivity index (χ1v) is 9.85. The molecular weight excluding hydrogens is 384 g/mol. The highest BCUT2D eigenvalue weighted by molar-refractivity contribution is 7.80. The van der Waals surface area contributed by atoms with Crippen molar-refractivity contribution in [3.63, 3.8) is 0 Å². The molecule has 0 bridgehead atoms. The number of benzene rings is 3. The Bertz CT molecular complexity index is 1070. The van der Waals surface area contributed by atoms with E-state index in [1.165, 1.54) is 7.11 Å². The zero-order valence-corrected chi connectivity index (χ0v) is 17.5. The average molecular weight is 409 g/mol. The zero-order chi connectivity index (χ0) is 21.0. The van der Waals surface area contributed by atoms with Crippen LogP contribution in [0.5, 0.6) is 11.5 Å². The summed E-state index contributed by atoms with van der Waals surface area (Å²) in [6.45, 7) is 4.22. The molecule has 1 amide bonds. The van der Waals surface area contributed by atoms with Crippen LogP contribution in [0, 0.1) is 0 Å². The number of nitrogens with one attached hydrogen (secondary N) is 2. The van der Waals surface area contributed by atoms with Crippen LogP contribution in [0.1, 0.15) is 42.1 Å². The van der Waals surface area contributed by atoms with E-state index in [0.717, 1.165) is 22.8 Å². The number of hydrogen-bond donors (Lipinski definition) is 3. The summed E-state index contributed by atoms with van der Waals surface area (Å²) < 4.78 is 5.38. The lowest BCUT2D eigenvalue weighted by molar-refractivity contribution is 0.0975. The quantitative estimate of drug-likeness (QED) is 0.400. The van der Waals surface area contributed by atoms with Crippen molar-refractivity contribution >= 4 is 39.7 Å². The molecule has 3 aromatic carbocycles. The Kier molecular flexibility index (Phi) is 6.34. The van der Waals surface area contributed by atoms with Crippen LogP contribution in [0.2, 0.25) is 0 Å². The van der Waals surface area contributed by atoms with Crippen molar-refractivity contribution in [2.45, 2.75) is 26.2 Å². The lowest BCUT2D eigenvalue weighted by atomic mass is 9.98. The summed E-state index contributed by atoms with van der Waals surface area (Å²) in [7, 11) is 1.52. The first-order valence-electron chi connectivity index (χ1n) is 9.45. The summed E-state index contributed by atoms with van der Waals surface area (Å²) in [5.41, 5.74) is 1.92. The van der Waals surface area contributed by atoms with Crippen LogP contribution in [-0.2, 0) is 0 Å². The van der Waals surface area contributed by atoms with Crippen molar-refractivity contribution in [3.05, 3.63) is 65.7 Å². The molecule has 3 rings (SSSR count). The van der Waals surface area contributed by atoms with Crippen LogP contribution in [0.15, 0.2) is 54.6 Å². The number of aromatic hydroxyl groups is 1. The Hall–Kier alpha value is -3.12. The molecule has 0 aliphatic rings. The number of amides is 1. The normalized spacial score (nSPS) is 11.7. The molecule has 0 aliphatic heterocycles. The molecule has 0 heterocycles. The first kappa shape index (κ1) is 20.6. The van der Waals surface area contributed by atoms with E-state index in [9.17, 15) is 9.90 Å². The maximum absolute atomic E-state index is 12.8. The van der Waals surface area contributed by atoms with Gasteiger partial charge >= 0.3 is 0 Å². The van der Waals surface area contributed by atoms with Gasteiger partial charge in [-0.05, 0) is 65.2 Å². The molecule has 29 heavy (non-hydrogen) atoms. The molecule has 0 aromatic heterocycles. The molecule has 0 saturated heterocycles. The van der Waals surface area contributed by atoms with Gasteiger partial charge in [-0.25, -0.2) is 0 Å². The Morgan fingerprint density at radius 1 is 1.14 bits per heavy atom. The van der Waals surface area contributed by atoms with Crippen molar-refractivity contribution in [1.29, 1.82) is 0 Å². The van der Waals surface area contributed by atoms with Crippen LogP contribution in [-0.4, -0.2) is 23.2 Å². The number of ether oxygens (including phenoxy) is 1. The molecule has 5 nitrogen and oxygen atoms in total. The van der Waals surface area contributed by atoms with E-state index in [1.54, 1.807) is 12.1 Å². The van der Waals surface area contributed by atoms with E-state index < -0.39 is 0 Å². The van der Waals surface area contributed by atoms with Gasteiger partial charge in [0.05, 0.1) is 18.4 Å². The molecule has 0 spiro atoms. The standard InChI is InChI=1S/C23H24N2O3S/c1-4-14(2)15-9-10-20(26)19(12-15)24-23(29)25-22(27)18-11-16-7-5-6-8-17(16)13-21(18)28-3/h5-14,26H,4H2,1-3H3,(H2,24,25,27,29). The van der Waals surface area contributed by atoms with Crippen LogP contribution < -0.4 is 15.4 Å². The Labute approximate surface area is 175 Å². The molecule has 1 unspecified atom stereocenters. The topological polar surface area (TPSA) is 70.6 Å².